The second-order valence-corrected chi connectivity index (χ2v) is 4.87. The van der Waals surface area contributed by atoms with Crippen LogP contribution in [0.2, 0.25) is 0 Å². The highest BCUT2D eigenvalue weighted by atomic mass is 16.5. The predicted molar refractivity (Wildman–Crippen MR) is 71.2 cm³/mol. The van der Waals surface area contributed by atoms with Crippen LogP contribution in [-0.4, -0.2) is 37.8 Å². The summed E-state index contributed by atoms with van der Waals surface area (Å²) < 4.78 is 11.2. The maximum atomic E-state index is 12.5. The van der Waals surface area contributed by atoms with E-state index in [1.54, 1.807) is 4.90 Å². The van der Waals surface area contributed by atoms with E-state index in [0.29, 0.717) is 19.7 Å². The molecule has 2 N–H and O–H groups in total. The Hall–Kier alpha value is -1.59. The summed E-state index contributed by atoms with van der Waals surface area (Å²) in [6.07, 6.45) is 1.27. The molecular formula is C14H18N2O3. The number of anilines is 1. The van der Waals surface area contributed by atoms with Crippen molar-refractivity contribution in [3.05, 3.63) is 24.3 Å². The van der Waals surface area contributed by atoms with Crippen LogP contribution in [0.4, 0.5) is 5.69 Å². The number of nitrogens with two attached hydrogens (primary N) is 1. The molecular weight excluding hydrogens is 244 g/mol. The van der Waals surface area contributed by atoms with Crippen molar-refractivity contribution < 1.29 is 14.3 Å². The average molecular weight is 262 g/mol. The Morgan fingerprint density at radius 3 is 3.00 bits per heavy atom. The maximum Gasteiger partial charge on any atom is 0.256 e. The molecule has 0 aliphatic carbocycles. The lowest BCUT2D eigenvalue weighted by molar-refractivity contribution is -0.129. The number of carbonyl (C=O) groups excluding carboxylic acids is 1. The molecule has 0 radical (unpaired) electrons. The minimum atomic E-state index is -0.361. The maximum absolute atomic E-state index is 12.5. The van der Waals surface area contributed by atoms with Crippen molar-refractivity contribution in [1.29, 1.82) is 0 Å². The lowest BCUT2D eigenvalue weighted by Gasteiger charge is -2.31. The fourth-order valence-corrected chi connectivity index (χ4v) is 2.63. The van der Waals surface area contributed by atoms with E-state index in [2.05, 4.69) is 0 Å². The molecule has 1 fully saturated rings. The highest BCUT2D eigenvalue weighted by Crippen LogP contribution is 2.32. The predicted octanol–water partition coefficient (Wildman–Crippen LogP) is 0.918. The number of benzene rings is 1. The van der Waals surface area contributed by atoms with E-state index in [1.807, 2.05) is 24.3 Å². The summed E-state index contributed by atoms with van der Waals surface area (Å²) in [4.78, 5) is 14.3. The van der Waals surface area contributed by atoms with Crippen molar-refractivity contribution in [2.45, 2.75) is 25.0 Å². The topological polar surface area (TPSA) is 64.8 Å². The highest BCUT2D eigenvalue weighted by Gasteiger charge is 2.35. The lowest BCUT2D eigenvalue weighted by Crippen LogP contribution is -2.44. The summed E-state index contributed by atoms with van der Waals surface area (Å²) >= 11 is 0. The first-order valence-electron chi connectivity index (χ1n) is 6.68. The van der Waals surface area contributed by atoms with Gasteiger partial charge in [-0.15, -0.1) is 0 Å². The van der Waals surface area contributed by atoms with Crippen LogP contribution in [0.5, 0.6) is 5.75 Å². The van der Waals surface area contributed by atoms with Gasteiger partial charge in [-0.05, 0) is 25.0 Å². The zero-order valence-electron chi connectivity index (χ0n) is 10.7. The first kappa shape index (κ1) is 12.4. The van der Waals surface area contributed by atoms with Gasteiger partial charge in [-0.25, -0.2) is 0 Å². The minimum absolute atomic E-state index is 0.0187. The van der Waals surface area contributed by atoms with E-state index < -0.39 is 0 Å². The Morgan fingerprint density at radius 2 is 2.21 bits per heavy atom. The zero-order valence-corrected chi connectivity index (χ0v) is 10.7. The van der Waals surface area contributed by atoms with Gasteiger partial charge in [0, 0.05) is 6.54 Å². The summed E-state index contributed by atoms with van der Waals surface area (Å²) in [7, 11) is 0. The number of para-hydroxylation sites is 2. The quantitative estimate of drug-likeness (QED) is 0.860. The molecule has 1 amide bonds. The normalized spacial score (nSPS) is 25.8. The van der Waals surface area contributed by atoms with Gasteiger partial charge in [0.2, 0.25) is 0 Å². The molecule has 5 heteroatoms. The van der Waals surface area contributed by atoms with Crippen LogP contribution in [0.25, 0.3) is 0 Å². The summed E-state index contributed by atoms with van der Waals surface area (Å²) in [5.74, 6) is 0.780. The van der Waals surface area contributed by atoms with Crippen molar-refractivity contribution in [3.63, 3.8) is 0 Å². The van der Waals surface area contributed by atoms with E-state index in [4.69, 9.17) is 15.2 Å². The van der Waals surface area contributed by atoms with Crippen molar-refractivity contribution in [2.24, 2.45) is 5.73 Å². The van der Waals surface area contributed by atoms with Gasteiger partial charge in [0.25, 0.3) is 5.91 Å². The van der Waals surface area contributed by atoms with Gasteiger partial charge in [0.1, 0.15) is 18.5 Å². The third kappa shape index (κ3) is 2.31. The molecule has 102 valence electrons. The van der Waals surface area contributed by atoms with Crippen LogP contribution in [-0.2, 0) is 9.53 Å². The second-order valence-electron chi connectivity index (χ2n) is 4.87. The van der Waals surface area contributed by atoms with E-state index in [9.17, 15) is 4.79 Å². The Kier molecular flexibility index (Phi) is 3.40. The van der Waals surface area contributed by atoms with Gasteiger partial charge in [-0.2, -0.15) is 0 Å². The number of ether oxygens (including phenoxy) is 2. The van der Waals surface area contributed by atoms with Gasteiger partial charge >= 0.3 is 0 Å². The first-order chi connectivity index (χ1) is 9.29. The number of rotatable bonds is 2. The molecule has 1 aromatic carbocycles. The van der Waals surface area contributed by atoms with Gasteiger partial charge in [-0.3, -0.25) is 4.79 Å². The van der Waals surface area contributed by atoms with Crippen molar-refractivity contribution in [3.8, 4) is 5.75 Å². The largest absolute Gasteiger partial charge is 0.490 e. The van der Waals surface area contributed by atoms with Crippen LogP contribution < -0.4 is 15.4 Å². The van der Waals surface area contributed by atoms with Crippen molar-refractivity contribution in [2.75, 3.05) is 24.6 Å². The molecule has 2 atom stereocenters. The SMILES string of the molecule is NC[C@H]1CC[C@@H](C(=O)N2CCOc3ccccc32)O1. The van der Waals surface area contributed by atoms with Crippen LogP contribution >= 0.6 is 0 Å². The van der Waals surface area contributed by atoms with Gasteiger partial charge in [-0.1, -0.05) is 12.1 Å². The fourth-order valence-electron chi connectivity index (χ4n) is 2.63. The van der Waals surface area contributed by atoms with E-state index in [0.717, 1.165) is 24.3 Å². The van der Waals surface area contributed by atoms with Crippen LogP contribution in [0.15, 0.2) is 24.3 Å². The number of carbonyl (C=O) groups is 1. The van der Waals surface area contributed by atoms with Gasteiger partial charge < -0.3 is 20.1 Å². The summed E-state index contributed by atoms with van der Waals surface area (Å²) in [5, 5.41) is 0. The molecule has 0 spiro atoms. The fraction of sp³-hybridized carbons (Fsp3) is 0.500. The third-order valence-corrected chi connectivity index (χ3v) is 3.64. The molecule has 1 saturated heterocycles. The number of fused-ring (bicyclic) bond motifs is 1. The Morgan fingerprint density at radius 1 is 1.37 bits per heavy atom. The molecule has 0 unspecified atom stereocenters. The highest BCUT2D eigenvalue weighted by molar-refractivity contribution is 5.98. The Labute approximate surface area is 112 Å². The van der Waals surface area contributed by atoms with Crippen LogP contribution in [0.1, 0.15) is 12.8 Å². The average Bonchev–Trinajstić information content (AvgIpc) is 2.95. The van der Waals surface area contributed by atoms with Crippen LogP contribution in [0.3, 0.4) is 0 Å². The van der Waals surface area contributed by atoms with Crippen LogP contribution in [0, 0.1) is 0 Å². The second kappa shape index (κ2) is 5.19. The summed E-state index contributed by atoms with van der Waals surface area (Å²) in [6.45, 7) is 1.57. The Bertz CT molecular complexity index is 478. The summed E-state index contributed by atoms with van der Waals surface area (Å²) in [6, 6.07) is 7.60. The summed E-state index contributed by atoms with van der Waals surface area (Å²) in [5.41, 5.74) is 6.41. The van der Waals surface area contributed by atoms with Gasteiger partial charge in [0.15, 0.2) is 0 Å². The standard InChI is InChI=1S/C14H18N2O3/c15-9-10-5-6-13(19-10)14(17)16-7-8-18-12-4-2-1-3-11(12)16/h1-4,10,13H,5-9,15H2/t10-,13+/m1/s1. The number of hydrogen-bond donors (Lipinski definition) is 1. The Balaban J connectivity index is 1.78. The molecule has 0 aromatic heterocycles. The molecule has 2 heterocycles. The molecule has 5 nitrogen and oxygen atoms in total. The molecule has 3 rings (SSSR count). The lowest BCUT2D eigenvalue weighted by atomic mass is 10.1. The number of amides is 1. The smallest absolute Gasteiger partial charge is 0.256 e. The van der Waals surface area contributed by atoms with E-state index in [-0.39, 0.29) is 18.1 Å². The molecule has 0 saturated carbocycles. The zero-order chi connectivity index (χ0) is 13.2. The molecule has 2 aliphatic heterocycles. The number of hydrogen-bond acceptors (Lipinski definition) is 4. The molecule has 2 aliphatic rings. The van der Waals surface area contributed by atoms with Crippen molar-refractivity contribution >= 4 is 11.6 Å². The third-order valence-electron chi connectivity index (χ3n) is 3.64. The molecule has 0 bridgehead atoms. The van der Waals surface area contributed by atoms with E-state index in [1.165, 1.54) is 0 Å². The van der Waals surface area contributed by atoms with Gasteiger partial charge in [0.05, 0.1) is 18.3 Å². The minimum Gasteiger partial charge on any atom is -0.490 e. The molecule has 19 heavy (non-hydrogen) atoms. The monoisotopic (exact) mass is 262 g/mol. The van der Waals surface area contributed by atoms with E-state index >= 15 is 0 Å². The molecule has 1 aromatic rings. The van der Waals surface area contributed by atoms with Crippen molar-refractivity contribution in [1.82, 2.24) is 0 Å². The first-order valence-corrected chi connectivity index (χ1v) is 6.68. The number of nitrogens with zero attached hydrogens (tertiary/aromatic N) is 1.